The van der Waals surface area contributed by atoms with Crippen LogP contribution in [0, 0.1) is 0 Å². The summed E-state index contributed by atoms with van der Waals surface area (Å²) < 4.78 is 16.7. The maximum Gasteiger partial charge on any atom is 0.261 e. The second-order valence-corrected chi connectivity index (χ2v) is 8.39. The molecule has 1 atom stereocenters. The molecule has 0 radical (unpaired) electrons. The topological polar surface area (TPSA) is 48.0 Å². The Morgan fingerprint density at radius 2 is 1.76 bits per heavy atom. The van der Waals surface area contributed by atoms with E-state index in [9.17, 15) is 4.79 Å². The first-order chi connectivity index (χ1) is 13.8. The van der Waals surface area contributed by atoms with Gasteiger partial charge in [0.05, 0.1) is 20.3 Å². The van der Waals surface area contributed by atoms with Crippen molar-refractivity contribution >= 4 is 5.91 Å². The van der Waals surface area contributed by atoms with Crippen molar-refractivity contribution in [2.45, 2.75) is 45.1 Å². The fourth-order valence-electron chi connectivity index (χ4n) is 3.91. The van der Waals surface area contributed by atoms with Crippen molar-refractivity contribution in [2.24, 2.45) is 0 Å². The summed E-state index contributed by atoms with van der Waals surface area (Å²) in [6, 6.07) is 13.8. The van der Waals surface area contributed by atoms with Gasteiger partial charge in [-0.1, -0.05) is 45.0 Å². The van der Waals surface area contributed by atoms with Crippen LogP contribution in [0.2, 0.25) is 0 Å². The highest BCUT2D eigenvalue weighted by molar-refractivity contribution is 5.78. The van der Waals surface area contributed by atoms with Gasteiger partial charge in [-0.05, 0) is 47.6 Å². The molecule has 1 heterocycles. The minimum absolute atomic E-state index is 0.00555. The minimum atomic E-state index is -0.0462. The predicted octanol–water partition coefficient (Wildman–Crippen LogP) is 4.74. The molecule has 0 saturated carbocycles. The summed E-state index contributed by atoms with van der Waals surface area (Å²) in [4.78, 5) is 14.9. The van der Waals surface area contributed by atoms with Crippen LogP contribution in [0.25, 0.3) is 0 Å². The lowest BCUT2D eigenvalue weighted by molar-refractivity contribution is -0.134. The zero-order valence-corrected chi connectivity index (χ0v) is 18.0. The van der Waals surface area contributed by atoms with Crippen LogP contribution < -0.4 is 14.2 Å². The monoisotopic (exact) mass is 397 g/mol. The normalized spacial score (nSPS) is 16.6. The van der Waals surface area contributed by atoms with Gasteiger partial charge in [0.15, 0.2) is 18.1 Å². The third kappa shape index (κ3) is 4.66. The largest absolute Gasteiger partial charge is 0.493 e. The van der Waals surface area contributed by atoms with Crippen LogP contribution in [-0.2, 0) is 10.2 Å². The molecule has 1 saturated heterocycles. The summed E-state index contributed by atoms with van der Waals surface area (Å²) in [7, 11) is 3.25. The van der Waals surface area contributed by atoms with E-state index in [1.807, 2.05) is 41.3 Å². The van der Waals surface area contributed by atoms with Gasteiger partial charge in [0.1, 0.15) is 5.75 Å². The quantitative estimate of drug-likeness (QED) is 0.706. The van der Waals surface area contributed by atoms with Crippen molar-refractivity contribution in [1.29, 1.82) is 0 Å². The van der Waals surface area contributed by atoms with Gasteiger partial charge < -0.3 is 19.1 Å². The second kappa shape index (κ2) is 8.76. The standard InChI is InChI=1S/C24H31NO4/c1-24(2,3)18-9-6-7-11-20(18)29-16-23(26)25-14-8-10-19(25)17-12-13-21(27-4)22(15-17)28-5/h6-7,9,11-13,15,19H,8,10,14,16H2,1-5H3. The molecule has 1 fully saturated rings. The number of likely N-dealkylation sites (tertiary alicyclic amines) is 1. The first kappa shape index (κ1) is 21.0. The predicted molar refractivity (Wildman–Crippen MR) is 114 cm³/mol. The van der Waals surface area contributed by atoms with E-state index >= 15 is 0 Å². The Balaban J connectivity index is 1.73. The molecule has 1 aliphatic rings. The molecule has 5 heteroatoms. The fourth-order valence-corrected chi connectivity index (χ4v) is 3.91. The molecule has 0 N–H and O–H groups in total. The Morgan fingerprint density at radius 3 is 2.45 bits per heavy atom. The van der Waals surface area contributed by atoms with Crippen molar-refractivity contribution in [1.82, 2.24) is 4.90 Å². The lowest BCUT2D eigenvalue weighted by Crippen LogP contribution is -2.34. The van der Waals surface area contributed by atoms with Gasteiger partial charge in [0.25, 0.3) is 5.91 Å². The van der Waals surface area contributed by atoms with Gasteiger partial charge in [-0.2, -0.15) is 0 Å². The summed E-state index contributed by atoms with van der Waals surface area (Å²) in [5.74, 6) is 2.15. The van der Waals surface area contributed by atoms with Gasteiger partial charge in [-0.3, -0.25) is 4.79 Å². The molecule has 0 aliphatic carbocycles. The number of carbonyl (C=O) groups excluding carboxylic acids is 1. The smallest absolute Gasteiger partial charge is 0.261 e. The minimum Gasteiger partial charge on any atom is -0.493 e. The van der Waals surface area contributed by atoms with E-state index < -0.39 is 0 Å². The lowest BCUT2D eigenvalue weighted by Gasteiger charge is -2.27. The van der Waals surface area contributed by atoms with Crippen LogP contribution >= 0.6 is 0 Å². The zero-order chi connectivity index (χ0) is 21.0. The lowest BCUT2D eigenvalue weighted by atomic mass is 9.86. The summed E-state index contributed by atoms with van der Waals surface area (Å²) in [5, 5.41) is 0. The van der Waals surface area contributed by atoms with Crippen molar-refractivity contribution in [3.05, 3.63) is 53.6 Å². The van der Waals surface area contributed by atoms with E-state index in [1.54, 1.807) is 14.2 Å². The van der Waals surface area contributed by atoms with Crippen LogP contribution in [0.1, 0.15) is 50.8 Å². The molecule has 2 aromatic rings. The van der Waals surface area contributed by atoms with Crippen molar-refractivity contribution in [2.75, 3.05) is 27.4 Å². The van der Waals surface area contributed by atoms with E-state index in [1.165, 1.54) is 0 Å². The number of hydrogen-bond acceptors (Lipinski definition) is 4. The molecule has 0 spiro atoms. The average Bonchev–Trinajstić information content (AvgIpc) is 3.21. The maximum absolute atomic E-state index is 13.0. The van der Waals surface area contributed by atoms with E-state index in [4.69, 9.17) is 14.2 Å². The molecular formula is C24H31NO4. The molecule has 1 aliphatic heterocycles. The molecule has 29 heavy (non-hydrogen) atoms. The number of benzene rings is 2. The van der Waals surface area contributed by atoms with Crippen molar-refractivity contribution in [3.8, 4) is 17.2 Å². The van der Waals surface area contributed by atoms with E-state index in [0.717, 1.165) is 36.3 Å². The Bertz CT molecular complexity index is 856. The summed E-state index contributed by atoms with van der Waals surface area (Å²) in [6.45, 7) is 7.21. The number of methoxy groups -OCH3 is 2. The molecule has 1 amide bonds. The van der Waals surface area contributed by atoms with Gasteiger partial charge in [-0.15, -0.1) is 0 Å². The van der Waals surface area contributed by atoms with Gasteiger partial charge in [-0.25, -0.2) is 0 Å². The van der Waals surface area contributed by atoms with Gasteiger partial charge in [0, 0.05) is 6.54 Å². The maximum atomic E-state index is 13.0. The number of amides is 1. The van der Waals surface area contributed by atoms with Crippen LogP contribution in [0.3, 0.4) is 0 Å². The highest BCUT2D eigenvalue weighted by Gasteiger charge is 2.31. The van der Waals surface area contributed by atoms with E-state index in [-0.39, 0.29) is 24.0 Å². The number of hydrogen-bond donors (Lipinski definition) is 0. The van der Waals surface area contributed by atoms with Gasteiger partial charge >= 0.3 is 0 Å². The number of carbonyl (C=O) groups is 1. The number of para-hydroxylation sites is 1. The highest BCUT2D eigenvalue weighted by Crippen LogP contribution is 2.37. The van der Waals surface area contributed by atoms with Crippen molar-refractivity contribution in [3.63, 3.8) is 0 Å². The van der Waals surface area contributed by atoms with E-state index in [2.05, 4.69) is 26.8 Å². The summed E-state index contributed by atoms with van der Waals surface area (Å²) in [6.07, 6.45) is 1.91. The molecular weight excluding hydrogens is 366 g/mol. The number of nitrogens with zero attached hydrogens (tertiary/aromatic N) is 1. The Kier molecular flexibility index (Phi) is 6.36. The third-order valence-corrected chi connectivity index (χ3v) is 5.41. The molecule has 3 rings (SSSR count). The van der Waals surface area contributed by atoms with Crippen LogP contribution in [0.5, 0.6) is 17.2 Å². The summed E-state index contributed by atoms with van der Waals surface area (Å²) >= 11 is 0. The molecule has 0 aromatic heterocycles. The molecule has 1 unspecified atom stereocenters. The summed E-state index contributed by atoms with van der Waals surface area (Å²) in [5.41, 5.74) is 2.12. The van der Waals surface area contributed by atoms with E-state index in [0.29, 0.717) is 11.5 Å². The first-order valence-corrected chi connectivity index (χ1v) is 10.1. The number of ether oxygens (including phenoxy) is 3. The highest BCUT2D eigenvalue weighted by atomic mass is 16.5. The first-order valence-electron chi connectivity index (χ1n) is 10.1. The van der Waals surface area contributed by atoms with Crippen molar-refractivity contribution < 1.29 is 19.0 Å². The Morgan fingerprint density at radius 1 is 1.03 bits per heavy atom. The van der Waals surface area contributed by atoms with Gasteiger partial charge in [0.2, 0.25) is 0 Å². The number of rotatable bonds is 6. The van der Waals surface area contributed by atoms with Crippen LogP contribution in [0.4, 0.5) is 0 Å². The SMILES string of the molecule is COc1ccc(C2CCCN2C(=O)COc2ccccc2C(C)(C)C)cc1OC. The molecule has 156 valence electrons. The fraction of sp³-hybridized carbons (Fsp3) is 0.458. The molecule has 2 aromatic carbocycles. The van der Waals surface area contributed by atoms with Crippen LogP contribution in [0.15, 0.2) is 42.5 Å². The Labute approximate surface area is 173 Å². The Hall–Kier alpha value is -2.69. The molecule has 5 nitrogen and oxygen atoms in total. The van der Waals surface area contributed by atoms with Crippen LogP contribution in [-0.4, -0.2) is 38.2 Å². The second-order valence-electron chi connectivity index (χ2n) is 8.39. The zero-order valence-electron chi connectivity index (χ0n) is 18.0. The average molecular weight is 398 g/mol. The molecule has 0 bridgehead atoms. The third-order valence-electron chi connectivity index (χ3n) is 5.41.